The van der Waals surface area contributed by atoms with E-state index in [-0.39, 0.29) is 5.91 Å². The Balaban J connectivity index is 1.75. The van der Waals surface area contributed by atoms with E-state index in [9.17, 15) is 4.79 Å². The summed E-state index contributed by atoms with van der Waals surface area (Å²) in [6.07, 6.45) is 0. The molecular formula is C23H22ClNO5. The van der Waals surface area contributed by atoms with Crippen LogP contribution >= 0.6 is 11.6 Å². The zero-order valence-corrected chi connectivity index (χ0v) is 17.7. The van der Waals surface area contributed by atoms with Gasteiger partial charge in [0.25, 0.3) is 5.91 Å². The first-order chi connectivity index (χ1) is 14.5. The Morgan fingerprint density at radius 1 is 0.833 bits per heavy atom. The van der Waals surface area contributed by atoms with Crippen molar-refractivity contribution in [2.24, 2.45) is 0 Å². The van der Waals surface area contributed by atoms with Gasteiger partial charge in [-0.3, -0.25) is 4.79 Å². The number of hydrogen-bond acceptors (Lipinski definition) is 5. The van der Waals surface area contributed by atoms with Crippen LogP contribution in [0.3, 0.4) is 0 Å². The predicted molar refractivity (Wildman–Crippen MR) is 116 cm³/mol. The van der Waals surface area contributed by atoms with E-state index in [1.54, 1.807) is 55.6 Å². The quantitative estimate of drug-likeness (QED) is 0.535. The number of halogens is 1. The first-order valence-electron chi connectivity index (χ1n) is 9.12. The summed E-state index contributed by atoms with van der Waals surface area (Å²) in [4.78, 5) is 12.8. The summed E-state index contributed by atoms with van der Waals surface area (Å²) in [5, 5.41) is 3.50. The van der Waals surface area contributed by atoms with Crippen LogP contribution in [0, 0.1) is 0 Å². The van der Waals surface area contributed by atoms with Crippen molar-refractivity contribution >= 4 is 23.2 Å². The molecule has 3 aromatic rings. The summed E-state index contributed by atoms with van der Waals surface area (Å²) in [5.41, 5.74) is 1.88. The average molecular weight is 428 g/mol. The molecule has 0 bridgehead atoms. The van der Waals surface area contributed by atoms with Crippen molar-refractivity contribution in [3.63, 3.8) is 0 Å². The largest absolute Gasteiger partial charge is 0.497 e. The number of benzene rings is 3. The highest BCUT2D eigenvalue weighted by molar-refractivity contribution is 6.30. The second kappa shape index (κ2) is 9.89. The fourth-order valence-corrected chi connectivity index (χ4v) is 2.90. The third kappa shape index (κ3) is 5.15. The number of carbonyl (C=O) groups excluding carboxylic acids is 1. The highest BCUT2D eigenvalue weighted by Crippen LogP contribution is 2.32. The zero-order valence-electron chi connectivity index (χ0n) is 16.9. The van der Waals surface area contributed by atoms with Crippen LogP contribution in [0.1, 0.15) is 15.9 Å². The number of amides is 1. The topological polar surface area (TPSA) is 66.0 Å². The van der Waals surface area contributed by atoms with E-state index in [0.29, 0.717) is 45.9 Å². The molecule has 0 spiro atoms. The number of rotatable bonds is 8. The molecule has 0 atom stereocenters. The molecule has 0 aliphatic rings. The van der Waals surface area contributed by atoms with Gasteiger partial charge in [-0.2, -0.15) is 0 Å². The van der Waals surface area contributed by atoms with Crippen LogP contribution in [0.5, 0.6) is 23.0 Å². The first kappa shape index (κ1) is 21.3. The van der Waals surface area contributed by atoms with Gasteiger partial charge in [0.1, 0.15) is 18.1 Å². The van der Waals surface area contributed by atoms with Crippen molar-refractivity contribution in [3.05, 3.63) is 76.8 Å². The molecule has 0 unspecified atom stereocenters. The number of methoxy groups -OCH3 is 3. The lowest BCUT2D eigenvalue weighted by Crippen LogP contribution is -2.13. The predicted octanol–water partition coefficient (Wildman–Crippen LogP) is 5.20. The third-order valence-electron chi connectivity index (χ3n) is 4.39. The Morgan fingerprint density at radius 2 is 1.53 bits per heavy atom. The maximum Gasteiger partial charge on any atom is 0.255 e. The molecule has 1 amide bonds. The minimum atomic E-state index is -0.316. The fourth-order valence-electron chi connectivity index (χ4n) is 2.78. The molecule has 156 valence electrons. The molecule has 1 N–H and O–H groups in total. The SMILES string of the molecule is COc1ccc(OC)c(NC(=O)c2ccc(OCc3ccc(Cl)cc3)c(OC)c2)c1. The Hall–Kier alpha value is -3.38. The molecule has 7 heteroatoms. The molecule has 0 aliphatic heterocycles. The number of nitrogens with one attached hydrogen (secondary N) is 1. The minimum Gasteiger partial charge on any atom is -0.497 e. The molecule has 6 nitrogen and oxygen atoms in total. The second-order valence-electron chi connectivity index (χ2n) is 6.30. The summed E-state index contributed by atoms with van der Waals surface area (Å²) >= 11 is 5.90. The van der Waals surface area contributed by atoms with E-state index < -0.39 is 0 Å². The van der Waals surface area contributed by atoms with E-state index in [4.69, 9.17) is 30.5 Å². The standard InChI is InChI=1S/C23H22ClNO5/c1-27-18-9-11-20(28-2)19(13-18)25-23(26)16-6-10-21(22(12-16)29-3)30-14-15-4-7-17(24)8-5-15/h4-13H,14H2,1-3H3,(H,25,26). The van der Waals surface area contributed by atoms with Crippen LogP contribution in [0.4, 0.5) is 5.69 Å². The van der Waals surface area contributed by atoms with E-state index in [1.165, 1.54) is 14.2 Å². The third-order valence-corrected chi connectivity index (χ3v) is 4.64. The maximum absolute atomic E-state index is 12.8. The summed E-state index contributed by atoms with van der Waals surface area (Å²) in [5.74, 6) is 1.80. The molecule has 0 saturated heterocycles. The minimum absolute atomic E-state index is 0.316. The first-order valence-corrected chi connectivity index (χ1v) is 9.50. The van der Waals surface area contributed by atoms with Gasteiger partial charge in [0, 0.05) is 16.7 Å². The normalized spacial score (nSPS) is 10.3. The van der Waals surface area contributed by atoms with Gasteiger partial charge in [0.05, 0.1) is 27.0 Å². The molecule has 0 heterocycles. The molecule has 30 heavy (non-hydrogen) atoms. The Bertz CT molecular complexity index is 1020. The lowest BCUT2D eigenvalue weighted by Gasteiger charge is -2.14. The highest BCUT2D eigenvalue weighted by atomic mass is 35.5. The van der Waals surface area contributed by atoms with Gasteiger partial charge in [0.15, 0.2) is 11.5 Å². The molecule has 0 aromatic heterocycles. The summed E-state index contributed by atoms with van der Waals surface area (Å²) < 4.78 is 21.8. The van der Waals surface area contributed by atoms with Gasteiger partial charge in [-0.1, -0.05) is 23.7 Å². The molecule has 3 aromatic carbocycles. The molecular weight excluding hydrogens is 406 g/mol. The molecule has 3 rings (SSSR count). The average Bonchev–Trinajstić information content (AvgIpc) is 2.78. The number of carbonyl (C=O) groups is 1. The zero-order chi connectivity index (χ0) is 21.5. The van der Waals surface area contributed by atoms with E-state index >= 15 is 0 Å². The van der Waals surface area contributed by atoms with Crippen molar-refractivity contribution in [2.75, 3.05) is 26.6 Å². The fraction of sp³-hybridized carbons (Fsp3) is 0.174. The molecule has 0 radical (unpaired) electrons. The van der Waals surface area contributed by atoms with Crippen LogP contribution < -0.4 is 24.3 Å². The van der Waals surface area contributed by atoms with E-state index in [1.807, 2.05) is 12.1 Å². The van der Waals surface area contributed by atoms with Gasteiger partial charge < -0.3 is 24.3 Å². The highest BCUT2D eigenvalue weighted by Gasteiger charge is 2.14. The van der Waals surface area contributed by atoms with Crippen LogP contribution in [-0.2, 0) is 6.61 Å². The summed E-state index contributed by atoms with van der Waals surface area (Å²) in [6, 6.07) is 17.5. The Kier molecular flexibility index (Phi) is 7.03. The Morgan fingerprint density at radius 3 is 2.20 bits per heavy atom. The lowest BCUT2D eigenvalue weighted by atomic mass is 10.1. The van der Waals surface area contributed by atoms with Gasteiger partial charge in [0.2, 0.25) is 0 Å². The van der Waals surface area contributed by atoms with Crippen molar-refractivity contribution in [3.8, 4) is 23.0 Å². The summed E-state index contributed by atoms with van der Waals surface area (Å²) in [7, 11) is 4.62. The van der Waals surface area contributed by atoms with Gasteiger partial charge in [-0.25, -0.2) is 0 Å². The van der Waals surface area contributed by atoms with Gasteiger partial charge >= 0.3 is 0 Å². The van der Waals surface area contributed by atoms with Crippen LogP contribution in [0.25, 0.3) is 0 Å². The van der Waals surface area contributed by atoms with E-state index in [0.717, 1.165) is 5.56 Å². The molecule has 0 fully saturated rings. The lowest BCUT2D eigenvalue weighted by molar-refractivity contribution is 0.102. The summed E-state index contributed by atoms with van der Waals surface area (Å²) in [6.45, 7) is 0.347. The second-order valence-corrected chi connectivity index (χ2v) is 6.74. The van der Waals surface area contributed by atoms with Crippen molar-refractivity contribution in [2.45, 2.75) is 6.61 Å². The van der Waals surface area contributed by atoms with Crippen molar-refractivity contribution in [1.82, 2.24) is 0 Å². The number of anilines is 1. The smallest absolute Gasteiger partial charge is 0.255 e. The Labute approximate surface area is 180 Å². The van der Waals surface area contributed by atoms with Crippen LogP contribution in [0.15, 0.2) is 60.7 Å². The van der Waals surface area contributed by atoms with Crippen LogP contribution in [-0.4, -0.2) is 27.2 Å². The van der Waals surface area contributed by atoms with Gasteiger partial charge in [-0.05, 0) is 48.0 Å². The van der Waals surface area contributed by atoms with E-state index in [2.05, 4.69) is 5.32 Å². The van der Waals surface area contributed by atoms with Crippen molar-refractivity contribution < 1.29 is 23.7 Å². The maximum atomic E-state index is 12.8. The number of hydrogen-bond donors (Lipinski definition) is 1. The van der Waals surface area contributed by atoms with Crippen LogP contribution in [0.2, 0.25) is 5.02 Å². The molecule has 0 aliphatic carbocycles. The van der Waals surface area contributed by atoms with Crippen molar-refractivity contribution in [1.29, 1.82) is 0 Å². The number of ether oxygens (including phenoxy) is 4. The van der Waals surface area contributed by atoms with Gasteiger partial charge in [-0.15, -0.1) is 0 Å². The molecule has 0 saturated carbocycles. The monoisotopic (exact) mass is 427 g/mol.